The Balaban J connectivity index is 1.98. The average Bonchev–Trinajstić information content (AvgIpc) is 2.84. The number of benzene rings is 1. The molecule has 0 atom stereocenters. The second-order valence-electron chi connectivity index (χ2n) is 6.69. The number of thiazole rings is 1. The monoisotopic (exact) mass is 303 g/mol. The molecule has 2 aromatic rings. The van der Waals surface area contributed by atoms with E-state index in [1.54, 1.807) is 11.3 Å². The van der Waals surface area contributed by atoms with Crippen molar-refractivity contribution in [2.45, 2.75) is 39.3 Å². The molecule has 1 aromatic heterocycles. The highest BCUT2D eigenvalue weighted by Gasteiger charge is 2.17. The molecule has 0 fully saturated rings. The molecule has 0 unspecified atom stereocenters. The number of hydrogen-bond donors (Lipinski definition) is 1. The molecular formula is C17H25N3S. The highest BCUT2D eigenvalue weighted by molar-refractivity contribution is 7.09. The molecule has 0 saturated heterocycles. The minimum absolute atomic E-state index is 0.133. The fourth-order valence-electron chi connectivity index (χ4n) is 2.07. The van der Waals surface area contributed by atoms with Gasteiger partial charge in [-0.1, -0.05) is 32.9 Å². The minimum atomic E-state index is 0.133. The molecule has 0 amide bonds. The molecule has 4 heteroatoms. The van der Waals surface area contributed by atoms with Crippen molar-refractivity contribution in [2.75, 3.05) is 19.4 Å². The number of aromatic nitrogens is 1. The quantitative estimate of drug-likeness (QED) is 0.901. The van der Waals surface area contributed by atoms with Crippen LogP contribution < -0.4 is 5.32 Å². The van der Waals surface area contributed by atoms with Crippen LogP contribution in [0, 0.1) is 0 Å². The van der Waals surface area contributed by atoms with Gasteiger partial charge in [-0.2, -0.15) is 0 Å². The predicted octanol–water partition coefficient (Wildman–Crippen LogP) is 4.11. The number of rotatable bonds is 5. The molecule has 2 rings (SSSR count). The fraction of sp³-hybridized carbons (Fsp3) is 0.471. The Morgan fingerprint density at radius 1 is 1.24 bits per heavy atom. The lowest BCUT2D eigenvalue weighted by molar-refractivity contribution is 0.402. The van der Waals surface area contributed by atoms with Gasteiger partial charge in [0.2, 0.25) is 0 Å². The van der Waals surface area contributed by atoms with Gasteiger partial charge in [0.25, 0.3) is 0 Å². The first kappa shape index (κ1) is 16.0. The zero-order valence-electron chi connectivity index (χ0n) is 13.6. The molecule has 1 N–H and O–H groups in total. The predicted molar refractivity (Wildman–Crippen MR) is 92.0 cm³/mol. The molecule has 0 spiro atoms. The standard InChI is InChI=1S/C17H25N3S/c1-17(2,3)16-19-15(12-21-16)10-18-14-8-6-7-13(9-14)11-20(4)5/h6-9,12,18H,10-11H2,1-5H3. The van der Waals surface area contributed by atoms with Crippen LogP contribution in [0.15, 0.2) is 29.6 Å². The third-order valence-corrected chi connectivity index (χ3v) is 4.41. The molecule has 114 valence electrons. The summed E-state index contributed by atoms with van der Waals surface area (Å²) in [5.74, 6) is 0. The summed E-state index contributed by atoms with van der Waals surface area (Å²) in [7, 11) is 4.17. The summed E-state index contributed by atoms with van der Waals surface area (Å²) in [5, 5.41) is 6.81. The summed E-state index contributed by atoms with van der Waals surface area (Å²) in [6, 6.07) is 8.57. The lowest BCUT2D eigenvalue weighted by atomic mass is 9.98. The van der Waals surface area contributed by atoms with Crippen molar-refractivity contribution in [1.82, 2.24) is 9.88 Å². The summed E-state index contributed by atoms with van der Waals surface area (Å²) >= 11 is 1.75. The Labute approximate surface area is 132 Å². The van der Waals surface area contributed by atoms with E-state index in [9.17, 15) is 0 Å². The van der Waals surface area contributed by atoms with Crippen LogP contribution in [0.3, 0.4) is 0 Å². The van der Waals surface area contributed by atoms with Crippen LogP contribution >= 0.6 is 11.3 Å². The van der Waals surface area contributed by atoms with E-state index >= 15 is 0 Å². The SMILES string of the molecule is CN(C)Cc1cccc(NCc2csc(C(C)(C)C)n2)c1. The second-order valence-corrected chi connectivity index (χ2v) is 7.54. The highest BCUT2D eigenvalue weighted by Crippen LogP contribution is 2.25. The summed E-state index contributed by atoms with van der Waals surface area (Å²) in [5.41, 5.74) is 3.72. The average molecular weight is 303 g/mol. The largest absolute Gasteiger partial charge is 0.379 e. The molecule has 21 heavy (non-hydrogen) atoms. The van der Waals surface area contributed by atoms with Gasteiger partial charge in [-0.25, -0.2) is 4.98 Å². The Kier molecular flexibility index (Phi) is 5.01. The van der Waals surface area contributed by atoms with Gasteiger partial charge in [-0.05, 0) is 31.8 Å². The second kappa shape index (κ2) is 6.58. The lowest BCUT2D eigenvalue weighted by Crippen LogP contribution is -2.11. The zero-order chi connectivity index (χ0) is 15.5. The van der Waals surface area contributed by atoms with Gasteiger partial charge in [0.05, 0.1) is 17.2 Å². The molecule has 0 saturated carbocycles. The summed E-state index contributed by atoms with van der Waals surface area (Å²) < 4.78 is 0. The van der Waals surface area contributed by atoms with Gasteiger partial charge in [-0.15, -0.1) is 11.3 Å². The molecular weight excluding hydrogens is 278 g/mol. The van der Waals surface area contributed by atoms with E-state index in [4.69, 9.17) is 4.98 Å². The van der Waals surface area contributed by atoms with Crippen LogP contribution in [0.4, 0.5) is 5.69 Å². The smallest absolute Gasteiger partial charge is 0.0982 e. The van der Waals surface area contributed by atoms with Gasteiger partial charge in [0, 0.05) is 23.0 Å². The Bertz CT molecular complexity index is 582. The maximum absolute atomic E-state index is 4.72. The van der Waals surface area contributed by atoms with Gasteiger partial charge in [0.1, 0.15) is 0 Å². The molecule has 0 aliphatic carbocycles. The maximum atomic E-state index is 4.72. The number of nitrogens with one attached hydrogen (secondary N) is 1. The molecule has 1 aromatic carbocycles. The van der Waals surface area contributed by atoms with Crippen molar-refractivity contribution in [3.05, 3.63) is 45.9 Å². The first-order valence-electron chi connectivity index (χ1n) is 7.27. The van der Waals surface area contributed by atoms with E-state index in [1.807, 2.05) is 0 Å². The van der Waals surface area contributed by atoms with E-state index in [0.29, 0.717) is 0 Å². The van der Waals surface area contributed by atoms with Crippen molar-refractivity contribution >= 4 is 17.0 Å². The highest BCUT2D eigenvalue weighted by atomic mass is 32.1. The van der Waals surface area contributed by atoms with Gasteiger partial charge < -0.3 is 10.2 Å². The van der Waals surface area contributed by atoms with Crippen LogP contribution in [0.25, 0.3) is 0 Å². The normalized spacial score (nSPS) is 11.9. The van der Waals surface area contributed by atoms with Crippen molar-refractivity contribution in [1.29, 1.82) is 0 Å². The van der Waals surface area contributed by atoms with E-state index in [1.165, 1.54) is 10.6 Å². The van der Waals surface area contributed by atoms with Crippen LogP contribution in [-0.4, -0.2) is 24.0 Å². The number of nitrogens with zero attached hydrogens (tertiary/aromatic N) is 2. The van der Waals surface area contributed by atoms with Gasteiger partial charge in [0.15, 0.2) is 0 Å². The first-order chi connectivity index (χ1) is 9.84. The van der Waals surface area contributed by atoms with Crippen LogP contribution in [0.1, 0.15) is 37.0 Å². The van der Waals surface area contributed by atoms with E-state index in [2.05, 4.69) is 74.7 Å². The fourth-order valence-corrected chi connectivity index (χ4v) is 2.98. The molecule has 3 nitrogen and oxygen atoms in total. The third kappa shape index (κ3) is 4.83. The molecule has 0 bridgehead atoms. The third-order valence-electron chi connectivity index (χ3n) is 3.09. The Morgan fingerprint density at radius 3 is 2.62 bits per heavy atom. The minimum Gasteiger partial charge on any atom is -0.379 e. The van der Waals surface area contributed by atoms with Crippen molar-refractivity contribution in [3.63, 3.8) is 0 Å². The van der Waals surface area contributed by atoms with Gasteiger partial charge >= 0.3 is 0 Å². The van der Waals surface area contributed by atoms with Gasteiger partial charge in [-0.3, -0.25) is 0 Å². The molecule has 0 radical (unpaired) electrons. The van der Waals surface area contributed by atoms with Crippen LogP contribution in [-0.2, 0) is 18.5 Å². The summed E-state index contributed by atoms with van der Waals surface area (Å²) in [4.78, 5) is 6.89. The maximum Gasteiger partial charge on any atom is 0.0982 e. The van der Waals surface area contributed by atoms with E-state index in [0.717, 1.165) is 24.5 Å². The Morgan fingerprint density at radius 2 is 2.00 bits per heavy atom. The zero-order valence-corrected chi connectivity index (χ0v) is 14.4. The van der Waals surface area contributed by atoms with Crippen molar-refractivity contribution in [2.24, 2.45) is 0 Å². The Hall–Kier alpha value is -1.39. The number of anilines is 1. The van der Waals surface area contributed by atoms with Crippen LogP contribution in [0.2, 0.25) is 0 Å². The van der Waals surface area contributed by atoms with Crippen molar-refractivity contribution in [3.8, 4) is 0 Å². The molecule has 0 aliphatic rings. The van der Waals surface area contributed by atoms with Crippen molar-refractivity contribution < 1.29 is 0 Å². The summed E-state index contributed by atoms with van der Waals surface area (Å²) in [6.45, 7) is 8.34. The topological polar surface area (TPSA) is 28.2 Å². The first-order valence-corrected chi connectivity index (χ1v) is 8.15. The summed E-state index contributed by atoms with van der Waals surface area (Å²) in [6.07, 6.45) is 0. The van der Waals surface area contributed by atoms with E-state index in [-0.39, 0.29) is 5.41 Å². The molecule has 0 aliphatic heterocycles. The van der Waals surface area contributed by atoms with E-state index < -0.39 is 0 Å². The lowest BCUT2D eigenvalue weighted by Gasteiger charge is -2.13. The number of hydrogen-bond acceptors (Lipinski definition) is 4. The molecule has 1 heterocycles. The van der Waals surface area contributed by atoms with Crippen LogP contribution in [0.5, 0.6) is 0 Å².